The van der Waals surface area contributed by atoms with Gasteiger partial charge in [0.05, 0.1) is 4.47 Å². The predicted molar refractivity (Wildman–Crippen MR) is 85.2 cm³/mol. The molecule has 0 aliphatic heterocycles. The highest BCUT2D eigenvalue weighted by Gasteiger charge is 2.10. The van der Waals surface area contributed by atoms with Crippen molar-refractivity contribution >= 4 is 15.9 Å². The Bertz CT molecular complexity index is 583. The number of hydrogen-bond donors (Lipinski definition) is 1. The molecule has 0 aromatic heterocycles. The number of hydrogen-bond acceptors (Lipinski definition) is 1. The van der Waals surface area contributed by atoms with Crippen LogP contribution >= 0.6 is 15.9 Å². The summed E-state index contributed by atoms with van der Waals surface area (Å²) in [5, 5.41) is 0. The summed E-state index contributed by atoms with van der Waals surface area (Å²) < 4.78 is 13.8. The van der Waals surface area contributed by atoms with Crippen LogP contribution in [0.2, 0.25) is 0 Å². The van der Waals surface area contributed by atoms with Gasteiger partial charge >= 0.3 is 0 Å². The van der Waals surface area contributed by atoms with Crippen molar-refractivity contribution in [3.8, 4) is 0 Å². The van der Waals surface area contributed by atoms with E-state index in [4.69, 9.17) is 5.73 Å². The first-order valence-corrected chi connectivity index (χ1v) is 7.57. The standard InChI is InChI=1S/C17H19BrFN/c1-12-3-2-4-13(7-12)8-15(11-20)9-14-5-6-17(19)16(18)10-14/h2-7,10,15H,8-9,11,20H2,1H3. The van der Waals surface area contributed by atoms with Crippen LogP contribution in [0.15, 0.2) is 46.9 Å². The molecule has 2 N–H and O–H groups in total. The van der Waals surface area contributed by atoms with Gasteiger partial charge in [0, 0.05) is 0 Å². The number of rotatable bonds is 5. The number of benzene rings is 2. The molecular formula is C17H19BrFN. The Balaban J connectivity index is 2.07. The first kappa shape index (κ1) is 15.2. The molecule has 3 heteroatoms. The lowest BCUT2D eigenvalue weighted by Gasteiger charge is -2.15. The summed E-state index contributed by atoms with van der Waals surface area (Å²) in [5.74, 6) is 0.144. The topological polar surface area (TPSA) is 26.0 Å². The Labute approximate surface area is 128 Å². The summed E-state index contributed by atoms with van der Waals surface area (Å²) in [4.78, 5) is 0. The van der Waals surface area contributed by atoms with Crippen LogP contribution in [0.5, 0.6) is 0 Å². The van der Waals surface area contributed by atoms with Crippen LogP contribution in [-0.2, 0) is 12.8 Å². The van der Waals surface area contributed by atoms with E-state index in [1.165, 1.54) is 17.2 Å². The smallest absolute Gasteiger partial charge is 0.137 e. The molecule has 1 atom stereocenters. The van der Waals surface area contributed by atoms with E-state index in [1.54, 1.807) is 0 Å². The van der Waals surface area contributed by atoms with Crippen LogP contribution in [0, 0.1) is 18.7 Å². The van der Waals surface area contributed by atoms with Crippen LogP contribution in [-0.4, -0.2) is 6.54 Å². The lowest BCUT2D eigenvalue weighted by Crippen LogP contribution is -2.19. The molecule has 0 aliphatic rings. The second-order valence-electron chi connectivity index (χ2n) is 5.25. The predicted octanol–water partition coefficient (Wildman–Crippen LogP) is 4.26. The van der Waals surface area contributed by atoms with E-state index in [0.717, 1.165) is 18.4 Å². The van der Waals surface area contributed by atoms with E-state index in [0.29, 0.717) is 16.9 Å². The maximum absolute atomic E-state index is 13.2. The highest BCUT2D eigenvalue weighted by atomic mass is 79.9. The molecule has 106 valence electrons. The van der Waals surface area contributed by atoms with E-state index in [-0.39, 0.29) is 5.82 Å². The van der Waals surface area contributed by atoms with Crippen molar-refractivity contribution in [2.75, 3.05) is 6.54 Å². The van der Waals surface area contributed by atoms with Gasteiger partial charge in [-0.3, -0.25) is 0 Å². The molecule has 0 saturated carbocycles. The van der Waals surface area contributed by atoms with Gasteiger partial charge in [0.2, 0.25) is 0 Å². The average molecular weight is 336 g/mol. The average Bonchev–Trinajstić information content (AvgIpc) is 2.42. The monoisotopic (exact) mass is 335 g/mol. The van der Waals surface area contributed by atoms with Crippen LogP contribution in [0.3, 0.4) is 0 Å². The minimum atomic E-state index is -0.225. The second-order valence-corrected chi connectivity index (χ2v) is 6.10. The van der Waals surface area contributed by atoms with Gasteiger partial charge in [-0.15, -0.1) is 0 Å². The molecule has 2 aromatic rings. The first-order valence-electron chi connectivity index (χ1n) is 6.78. The van der Waals surface area contributed by atoms with E-state index in [9.17, 15) is 4.39 Å². The van der Waals surface area contributed by atoms with Crippen molar-refractivity contribution in [2.24, 2.45) is 11.7 Å². The van der Waals surface area contributed by atoms with Crippen LogP contribution in [0.1, 0.15) is 16.7 Å². The van der Waals surface area contributed by atoms with Crippen LogP contribution in [0.25, 0.3) is 0 Å². The molecule has 0 radical (unpaired) electrons. The van der Waals surface area contributed by atoms with Crippen molar-refractivity contribution in [3.63, 3.8) is 0 Å². The van der Waals surface area contributed by atoms with Gasteiger partial charge in [-0.1, -0.05) is 35.9 Å². The summed E-state index contributed by atoms with van der Waals surface area (Å²) in [7, 11) is 0. The van der Waals surface area contributed by atoms with Crippen molar-refractivity contribution in [1.29, 1.82) is 0 Å². The van der Waals surface area contributed by atoms with Crippen molar-refractivity contribution in [3.05, 3.63) is 69.4 Å². The normalized spacial score (nSPS) is 12.4. The summed E-state index contributed by atoms with van der Waals surface area (Å²) in [5.41, 5.74) is 9.57. The molecule has 1 unspecified atom stereocenters. The lowest BCUT2D eigenvalue weighted by molar-refractivity contribution is 0.532. The molecule has 0 amide bonds. The summed E-state index contributed by atoms with van der Waals surface area (Å²) in [6.07, 6.45) is 1.82. The van der Waals surface area contributed by atoms with Gasteiger partial charge in [-0.25, -0.2) is 4.39 Å². The fourth-order valence-corrected chi connectivity index (χ4v) is 2.84. The molecule has 2 rings (SSSR count). The van der Waals surface area contributed by atoms with E-state index < -0.39 is 0 Å². The fraction of sp³-hybridized carbons (Fsp3) is 0.294. The SMILES string of the molecule is Cc1cccc(CC(CN)Cc2ccc(F)c(Br)c2)c1. The summed E-state index contributed by atoms with van der Waals surface area (Å²) >= 11 is 3.23. The third kappa shape index (κ3) is 4.15. The summed E-state index contributed by atoms with van der Waals surface area (Å²) in [6.45, 7) is 2.72. The largest absolute Gasteiger partial charge is 0.330 e. The third-order valence-electron chi connectivity index (χ3n) is 3.45. The van der Waals surface area contributed by atoms with E-state index in [1.807, 2.05) is 12.1 Å². The quantitative estimate of drug-likeness (QED) is 0.868. The van der Waals surface area contributed by atoms with Gasteiger partial charge < -0.3 is 5.73 Å². The molecular weight excluding hydrogens is 317 g/mol. The highest BCUT2D eigenvalue weighted by molar-refractivity contribution is 9.10. The van der Waals surface area contributed by atoms with Crippen molar-refractivity contribution < 1.29 is 4.39 Å². The number of nitrogens with two attached hydrogens (primary N) is 1. The number of halogens is 2. The van der Waals surface area contributed by atoms with Crippen LogP contribution < -0.4 is 5.73 Å². The molecule has 0 bridgehead atoms. The molecule has 0 fully saturated rings. The zero-order valence-corrected chi connectivity index (χ0v) is 13.2. The Morgan fingerprint density at radius 3 is 2.40 bits per heavy atom. The fourth-order valence-electron chi connectivity index (χ4n) is 2.41. The molecule has 0 saturated heterocycles. The Morgan fingerprint density at radius 1 is 1.10 bits per heavy atom. The van der Waals surface area contributed by atoms with Crippen molar-refractivity contribution in [1.82, 2.24) is 0 Å². The Hall–Kier alpha value is -1.19. The molecule has 0 aliphatic carbocycles. The maximum Gasteiger partial charge on any atom is 0.137 e. The number of aryl methyl sites for hydroxylation is 1. The van der Waals surface area contributed by atoms with Gasteiger partial charge in [-0.05, 0) is 71.4 Å². The van der Waals surface area contributed by atoms with Gasteiger partial charge in [0.1, 0.15) is 5.82 Å². The highest BCUT2D eigenvalue weighted by Crippen LogP contribution is 2.20. The Kier molecular flexibility index (Phi) is 5.32. The zero-order chi connectivity index (χ0) is 14.5. The molecule has 1 nitrogen and oxygen atoms in total. The van der Waals surface area contributed by atoms with Gasteiger partial charge in [-0.2, -0.15) is 0 Å². The maximum atomic E-state index is 13.2. The lowest BCUT2D eigenvalue weighted by atomic mass is 9.92. The minimum absolute atomic E-state index is 0.225. The van der Waals surface area contributed by atoms with Crippen molar-refractivity contribution in [2.45, 2.75) is 19.8 Å². The Morgan fingerprint density at radius 2 is 1.80 bits per heavy atom. The van der Waals surface area contributed by atoms with E-state index in [2.05, 4.69) is 47.1 Å². The van der Waals surface area contributed by atoms with Gasteiger partial charge in [0.15, 0.2) is 0 Å². The zero-order valence-electron chi connectivity index (χ0n) is 11.6. The molecule has 0 spiro atoms. The first-order chi connectivity index (χ1) is 9.58. The summed E-state index contributed by atoms with van der Waals surface area (Å²) in [6, 6.07) is 13.7. The van der Waals surface area contributed by atoms with E-state index >= 15 is 0 Å². The molecule has 2 aromatic carbocycles. The molecule has 20 heavy (non-hydrogen) atoms. The minimum Gasteiger partial charge on any atom is -0.330 e. The third-order valence-corrected chi connectivity index (χ3v) is 4.06. The molecule has 0 heterocycles. The van der Waals surface area contributed by atoms with Crippen LogP contribution in [0.4, 0.5) is 4.39 Å². The second kappa shape index (κ2) is 7.00. The van der Waals surface area contributed by atoms with Gasteiger partial charge in [0.25, 0.3) is 0 Å².